The Bertz CT molecular complexity index is 143. The van der Waals surface area contributed by atoms with Gasteiger partial charge in [0.25, 0.3) is 0 Å². The molecule has 2 nitrogen and oxygen atoms in total. The van der Waals surface area contributed by atoms with Gasteiger partial charge in [-0.3, -0.25) is 0 Å². The predicted octanol–water partition coefficient (Wildman–Crippen LogP) is 0.664. The lowest BCUT2D eigenvalue weighted by molar-refractivity contribution is -0.0347. The molecule has 0 aliphatic carbocycles. The van der Waals surface area contributed by atoms with Crippen LogP contribution in [-0.4, -0.2) is 18.0 Å². The SMILES string of the molecule is C1CC23OC1CC2O3. The van der Waals surface area contributed by atoms with Crippen molar-refractivity contribution < 1.29 is 9.47 Å². The second kappa shape index (κ2) is 0.847. The molecule has 3 fully saturated rings. The fourth-order valence-electron chi connectivity index (χ4n) is 1.92. The Labute approximate surface area is 47.8 Å². The normalized spacial score (nSPS) is 66.0. The molecule has 0 aromatic rings. The first-order valence-corrected chi connectivity index (χ1v) is 3.25. The summed E-state index contributed by atoms with van der Waals surface area (Å²) < 4.78 is 10.8. The van der Waals surface area contributed by atoms with Crippen molar-refractivity contribution in [3.63, 3.8) is 0 Å². The summed E-state index contributed by atoms with van der Waals surface area (Å²) in [6.07, 6.45) is 4.62. The van der Waals surface area contributed by atoms with E-state index in [1.165, 1.54) is 12.8 Å². The van der Waals surface area contributed by atoms with Crippen molar-refractivity contribution in [3.05, 3.63) is 0 Å². The van der Waals surface area contributed by atoms with E-state index in [-0.39, 0.29) is 5.79 Å². The minimum absolute atomic E-state index is 0.0231. The van der Waals surface area contributed by atoms with Crippen LogP contribution in [0.5, 0.6) is 0 Å². The van der Waals surface area contributed by atoms with Crippen molar-refractivity contribution in [1.29, 1.82) is 0 Å². The summed E-state index contributed by atoms with van der Waals surface area (Å²) in [6.45, 7) is 0. The van der Waals surface area contributed by atoms with E-state index in [2.05, 4.69) is 0 Å². The smallest absolute Gasteiger partial charge is 0.195 e. The maximum Gasteiger partial charge on any atom is 0.195 e. The largest absolute Gasteiger partial charge is 0.344 e. The lowest BCUT2D eigenvalue weighted by atomic mass is 10.0. The molecule has 0 radical (unpaired) electrons. The molecule has 3 saturated heterocycles. The van der Waals surface area contributed by atoms with Crippen molar-refractivity contribution >= 4 is 0 Å². The minimum Gasteiger partial charge on any atom is -0.344 e. The van der Waals surface area contributed by atoms with Crippen molar-refractivity contribution in [2.45, 2.75) is 37.3 Å². The van der Waals surface area contributed by atoms with Gasteiger partial charge in [-0.1, -0.05) is 0 Å². The molecule has 3 aliphatic heterocycles. The molecule has 2 bridgehead atoms. The number of epoxide rings is 1. The predicted molar refractivity (Wildman–Crippen MR) is 26.3 cm³/mol. The Morgan fingerprint density at radius 2 is 2.38 bits per heavy atom. The zero-order valence-electron chi connectivity index (χ0n) is 4.59. The molecular formula is C6H8O2. The molecule has 3 rings (SSSR count). The van der Waals surface area contributed by atoms with Gasteiger partial charge >= 0.3 is 0 Å². The van der Waals surface area contributed by atoms with Gasteiger partial charge in [0.15, 0.2) is 5.79 Å². The fraction of sp³-hybridized carbons (Fsp3) is 1.00. The van der Waals surface area contributed by atoms with Gasteiger partial charge in [-0.2, -0.15) is 0 Å². The van der Waals surface area contributed by atoms with Crippen LogP contribution in [0.2, 0.25) is 0 Å². The minimum atomic E-state index is -0.0231. The highest BCUT2D eigenvalue weighted by Crippen LogP contribution is 2.57. The van der Waals surface area contributed by atoms with Gasteiger partial charge in [0, 0.05) is 12.8 Å². The topological polar surface area (TPSA) is 21.8 Å². The highest BCUT2D eigenvalue weighted by molar-refractivity contribution is 5.07. The Kier molecular flexibility index (Phi) is 0.408. The summed E-state index contributed by atoms with van der Waals surface area (Å²) >= 11 is 0. The van der Waals surface area contributed by atoms with Gasteiger partial charge in [0.05, 0.1) is 6.10 Å². The van der Waals surface area contributed by atoms with Gasteiger partial charge < -0.3 is 9.47 Å². The first-order valence-electron chi connectivity index (χ1n) is 3.25. The third kappa shape index (κ3) is 0.250. The Balaban J connectivity index is 2.07. The molecule has 3 aliphatic rings. The van der Waals surface area contributed by atoms with Crippen LogP contribution in [0.25, 0.3) is 0 Å². The van der Waals surface area contributed by atoms with Crippen LogP contribution in [0, 0.1) is 0 Å². The molecule has 0 N–H and O–H groups in total. The molecule has 2 heteroatoms. The molecule has 0 amide bonds. The summed E-state index contributed by atoms with van der Waals surface area (Å²) in [5, 5.41) is 0. The summed E-state index contributed by atoms with van der Waals surface area (Å²) in [5.41, 5.74) is 0. The lowest BCUT2D eigenvalue weighted by Crippen LogP contribution is -2.06. The van der Waals surface area contributed by atoms with E-state index in [4.69, 9.17) is 9.47 Å². The monoisotopic (exact) mass is 112 g/mol. The second-order valence-corrected chi connectivity index (χ2v) is 2.93. The number of hydrogen-bond acceptors (Lipinski definition) is 2. The summed E-state index contributed by atoms with van der Waals surface area (Å²) in [4.78, 5) is 0. The van der Waals surface area contributed by atoms with Crippen LogP contribution in [0.4, 0.5) is 0 Å². The van der Waals surface area contributed by atoms with E-state index in [1.807, 2.05) is 0 Å². The third-order valence-electron chi connectivity index (χ3n) is 2.43. The van der Waals surface area contributed by atoms with Crippen molar-refractivity contribution in [2.75, 3.05) is 0 Å². The Morgan fingerprint density at radius 3 is 2.75 bits per heavy atom. The maximum absolute atomic E-state index is 5.51. The third-order valence-corrected chi connectivity index (χ3v) is 2.43. The van der Waals surface area contributed by atoms with E-state index in [9.17, 15) is 0 Å². The maximum atomic E-state index is 5.51. The molecule has 1 spiro atoms. The van der Waals surface area contributed by atoms with E-state index in [1.54, 1.807) is 0 Å². The lowest BCUT2D eigenvalue weighted by Gasteiger charge is -2.00. The van der Waals surface area contributed by atoms with Gasteiger partial charge in [-0.05, 0) is 6.42 Å². The van der Waals surface area contributed by atoms with Crippen molar-refractivity contribution in [3.8, 4) is 0 Å². The van der Waals surface area contributed by atoms with Crippen LogP contribution in [0.1, 0.15) is 19.3 Å². The molecule has 0 saturated carbocycles. The number of fused-ring (bicyclic) bond motifs is 1. The van der Waals surface area contributed by atoms with Gasteiger partial charge in [-0.15, -0.1) is 0 Å². The number of hydrogen-bond donors (Lipinski definition) is 0. The quantitative estimate of drug-likeness (QED) is 0.429. The highest BCUT2D eigenvalue weighted by Gasteiger charge is 2.68. The van der Waals surface area contributed by atoms with Crippen LogP contribution in [-0.2, 0) is 9.47 Å². The average Bonchev–Trinajstić information content (AvgIpc) is 2.13. The van der Waals surface area contributed by atoms with E-state index < -0.39 is 0 Å². The molecule has 3 unspecified atom stereocenters. The molecular weight excluding hydrogens is 104 g/mol. The van der Waals surface area contributed by atoms with Crippen LogP contribution in [0.15, 0.2) is 0 Å². The standard InChI is InChI=1S/C6H8O2/c1-2-6-5(8-6)3-4(1)7-6/h4-5H,1-3H2. The van der Waals surface area contributed by atoms with E-state index in [0.717, 1.165) is 6.42 Å². The molecule has 3 atom stereocenters. The molecule has 44 valence electrons. The average molecular weight is 112 g/mol. The first kappa shape index (κ1) is 3.85. The summed E-state index contributed by atoms with van der Waals surface area (Å²) in [7, 11) is 0. The molecule has 0 aromatic heterocycles. The van der Waals surface area contributed by atoms with Crippen molar-refractivity contribution in [1.82, 2.24) is 0 Å². The Hall–Kier alpha value is -0.0800. The highest BCUT2D eigenvalue weighted by atomic mass is 16.8. The van der Waals surface area contributed by atoms with Gasteiger partial charge in [-0.25, -0.2) is 0 Å². The first-order chi connectivity index (χ1) is 3.89. The molecule has 8 heavy (non-hydrogen) atoms. The van der Waals surface area contributed by atoms with Gasteiger partial charge in [0.1, 0.15) is 6.10 Å². The van der Waals surface area contributed by atoms with E-state index in [0.29, 0.717) is 12.2 Å². The van der Waals surface area contributed by atoms with Crippen LogP contribution < -0.4 is 0 Å². The Morgan fingerprint density at radius 1 is 1.38 bits per heavy atom. The van der Waals surface area contributed by atoms with Crippen molar-refractivity contribution in [2.24, 2.45) is 0 Å². The fourth-order valence-corrected chi connectivity index (χ4v) is 1.92. The number of ether oxygens (including phenoxy) is 2. The number of rotatable bonds is 0. The summed E-state index contributed by atoms with van der Waals surface area (Å²) in [6, 6.07) is 0. The van der Waals surface area contributed by atoms with E-state index >= 15 is 0 Å². The zero-order chi connectivity index (χ0) is 5.19. The second-order valence-electron chi connectivity index (χ2n) is 2.93. The molecule has 0 aromatic carbocycles. The molecule has 3 heterocycles. The zero-order valence-corrected chi connectivity index (χ0v) is 4.59. The summed E-state index contributed by atoms with van der Waals surface area (Å²) in [5.74, 6) is -0.0231. The van der Waals surface area contributed by atoms with Crippen LogP contribution in [0.3, 0.4) is 0 Å². The van der Waals surface area contributed by atoms with Crippen LogP contribution >= 0.6 is 0 Å². The van der Waals surface area contributed by atoms with Gasteiger partial charge in [0.2, 0.25) is 0 Å².